The van der Waals surface area contributed by atoms with Crippen molar-refractivity contribution in [2.75, 3.05) is 37.5 Å². The number of fused-ring (bicyclic) bond motifs is 4. The summed E-state index contributed by atoms with van der Waals surface area (Å²) < 4.78 is 36.0. The number of urea groups is 1. The topological polar surface area (TPSA) is 127 Å². The Labute approximate surface area is 317 Å². The van der Waals surface area contributed by atoms with E-state index in [2.05, 4.69) is 48.7 Å². The number of anilines is 1. The molecule has 8 rings (SSSR count). The second kappa shape index (κ2) is 14.4. The fourth-order valence-corrected chi connectivity index (χ4v) is 11.1. The summed E-state index contributed by atoms with van der Waals surface area (Å²) in [5.41, 5.74) is 4.45. The molecule has 3 aliphatic carbocycles. The van der Waals surface area contributed by atoms with Crippen molar-refractivity contribution in [3.05, 3.63) is 88.2 Å². The Morgan fingerprint density at radius 3 is 2.83 bits per heavy atom. The molecule has 0 radical (unpaired) electrons. The number of aromatic nitrogens is 2. The fourth-order valence-electron chi connectivity index (χ4n) is 9.06. The molecule has 2 bridgehead atoms. The second-order valence-electron chi connectivity index (χ2n) is 15.9. The van der Waals surface area contributed by atoms with Crippen molar-refractivity contribution < 1.29 is 23.3 Å². The quantitative estimate of drug-likeness (QED) is 0.289. The van der Waals surface area contributed by atoms with Crippen LogP contribution < -0.4 is 19.7 Å². The van der Waals surface area contributed by atoms with Gasteiger partial charge in [0.05, 0.1) is 30.3 Å². The van der Waals surface area contributed by atoms with Crippen LogP contribution >= 0.6 is 11.6 Å². The molecule has 3 heterocycles. The van der Waals surface area contributed by atoms with Gasteiger partial charge in [0.15, 0.2) is 0 Å². The number of amides is 3. The molecule has 1 aromatic heterocycles. The maximum Gasteiger partial charge on any atom is 0.327 e. The molecule has 5 aliphatic rings. The van der Waals surface area contributed by atoms with Gasteiger partial charge in [-0.15, -0.1) is 4.36 Å². The number of carbonyl (C=O) groups excluding carboxylic acids is 2. The summed E-state index contributed by atoms with van der Waals surface area (Å²) in [5.74, 6) is 0.823. The smallest absolute Gasteiger partial charge is 0.327 e. The summed E-state index contributed by atoms with van der Waals surface area (Å²) in [5, 5.41) is 7.92. The summed E-state index contributed by atoms with van der Waals surface area (Å²) >= 11 is 6.47. The van der Waals surface area contributed by atoms with Gasteiger partial charge in [-0.05, 0) is 110 Å². The number of carbonyl (C=O) groups is 2. The zero-order chi connectivity index (χ0) is 36.9. The van der Waals surface area contributed by atoms with E-state index in [4.69, 9.17) is 21.1 Å². The number of aryl methyl sites for hydroxylation is 2. The van der Waals surface area contributed by atoms with Crippen LogP contribution in [-0.2, 0) is 33.5 Å². The molecule has 0 saturated heterocycles. The van der Waals surface area contributed by atoms with Crippen molar-refractivity contribution in [3.8, 4) is 5.75 Å². The molecule has 3 aromatic rings. The van der Waals surface area contributed by atoms with Crippen molar-refractivity contribution in [1.29, 1.82) is 0 Å². The molecular weight excluding hydrogens is 712 g/mol. The first kappa shape index (κ1) is 36.1. The van der Waals surface area contributed by atoms with Gasteiger partial charge in [0.2, 0.25) is 0 Å². The summed E-state index contributed by atoms with van der Waals surface area (Å²) in [6.45, 7) is 3.97. The molecule has 282 valence electrons. The van der Waals surface area contributed by atoms with Gasteiger partial charge < -0.3 is 19.7 Å². The highest BCUT2D eigenvalue weighted by Gasteiger charge is 2.45. The molecule has 13 heteroatoms. The summed E-state index contributed by atoms with van der Waals surface area (Å²) in [6, 6.07) is 10.9. The average molecular weight is 761 g/mol. The Bertz CT molecular complexity index is 2060. The Morgan fingerprint density at radius 1 is 1.19 bits per heavy atom. The highest BCUT2D eigenvalue weighted by molar-refractivity contribution is 7.92. The molecule has 1 unspecified atom stereocenters. The monoisotopic (exact) mass is 760 g/mol. The number of ether oxygens (including phenoxy) is 2. The lowest BCUT2D eigenvalue weighted by molar-refractivity contribution is 0.0131. The molecule has 11 nitrogen and oxygen atoms in total. The van der Waals surface area contributed by atoms with E-state index in [1.165, 1.54) is 11.1 Å². The number of halogens is 1. The number of nitrogens with one attached hydrogen (secondary N) is 2. The number of allylic oxidation sites excluding steroid dienone is 1. The predicted octanol–water partition coefficient (Wildman–Crippen LogP) is 6.56. The maximum absolute atomic E-state index is 14.6. The van der Waals surface area contributed by atoms with Gasteiger partial charge in [-0.2, -0.15) is 5.10 Å². The first-order valence-electron chi connectivity index (χ1n) is 18.9. The molecule has 1 spiro atoms. The zero-order valence-corrected chi connectivity index (χ0v) is 32.2. The van der Waals surface area contributed by atoms with E-state index in [1.54, 1.807) is 24.1 Å². The maximum atomic E-state index is 14.6. The van der Waals surface area contributed by atoms with Crippen molar-refractivity contribution in [3.63, 3.8) is 0 Å². The molecule has 53 heavy (non-hydrogen) atoms. The lowest BCUT2D eigenvalue weighted by Gasteiger charge is -2.46. The third-order valence-electron chi connectivity index (χ3n) is 12.0. The number of hydrogen-bond donors (Lipinski definition) is 2. The molecule has 8 atom stereocenters. The van der Waals surface area contributed by atoms with Crippen LogP contribution in [0.25, 0.3) is 0 Å². The molecule has 3 amide bonds. The van der Waals surface area contributed by atoms with E-state index >= 15 is 0 Å². The lowest BCUT2D eigenvalue weighted by Crippen LogP contribution is -2.49. The standard InChI is InChI=1S/C40H49ClN6O5S/c1-25-6-4-8-36(51-3)31-12-9-28(31)21-47-23-40(15-5-7-26-16-30(41)11-13-33(26)40)24-52-37-14-10-27(17-35(37)47)38(48)44-53(50,22-25)45-39(49)43-34-18-32(34)29-19-42-46(2)20-29/h4,8,10-11,13-14,16-17,19-20,25,28,31-32,34,36H,5-7,9,12,15,18,21-24H2,1-3H3,(H2,43,44,45,48,49,50)/b8-4-/t25-,28-,31+,32-,34+,36-,40-,53?/m0/s1. The molecule has 2 aliphatic heterocycles. The fraction of sp³-hybridized carbons (Fsp3) is 0.525. The van der Waals surface area contributed by atoms with Crippen LogP contribution in [0.3, 0.4) is 0 Å². The van der Waals surface area contributed by atoms with Crippen molar-refractivity contribution in [2.24, 2.45) is 29.2 Å². The van der Waals surface area contributed by atoms with Gasteiger partial charge in [-0.1, -0.05) is 36.7 Å². The largest absolute Gasteiger partial charge is 0.490 e. The van der Waals surface area contributed by atoms with Gasteiger partial charge in [-0.25, -0.2) is 9.00 Å². The second-order valence-corrected chi connectivity index (χ2v) is 18.4. The number of benzene rings is 2. The average Bonchev–Trinajstić information content (AvgIpc) is 3.76. The minimum Gasteiger partial charge on any atom is -0.490 e. The molecule has 2 aromatic carbocycles. The van der Waals surface area contributed by atoms with Crippen LogP contribution in [0.5, 0.6) is 5.75 Å². The van der Waals surface area contributed by atoms with Crippen LogP contribution in [0.2, 0.25) is 5.02 Å². The molecular formula is C40H49ClN6O5S. The zero-order valence-electron chi connectivity index (χ0n) is 30.6. The van der Waals surface area contributed by atoms with Crippen LogP contribution in [0.1, 0.15) is 78.4 Å². The van der Waals surface area contributed by atoms with Crippen LogP contribution in [0, 0.1) is 17.8 Å². The minimum absolute atomic E-state index is 0.0169. The predicted molar refractivity (Wildman–Crippen MR) is 206 cm³/mol. The SMILES string of the molecule is CO[C@H]1/C=C\C[C@H](C)CS(=O)(NC(=O)N[C@@H]2C[C@H]2c2cnn(C)c2)=NC(=O)c2ccc3c(c2)N(C[C@@H]2CC[C@H]21)C[C@@]1(CCCc2cc(Cl)ccc21)CO3. The van der Waals surface area contributed by atoms with E-state index < -0.39 is 21.9 Å². The van der Waals surface area contributed by atoms with E-state index in [1.807, 2.05) is 38.4 Å². The Balaban J connectivity index is 1.13. The van der Waals surface area contributed by atoms with Crippen LogP contribution in [0.15, 0.2) is 65.3 Å². The van der Waals surface area contributed by atoms with E-state index in [0.717, 1.165) is 67.9 Å². The van der Waals surface area contributed by atoms with Gasteiger partial charge in [0, 0.05) is 61.4 Å². The highest BCUT2D eigenvalue weighted by Crippen LogP contribution is 2.47. The Kier molecular flexibility index (Phi) is 9.82. The number of methoxy groups -OCH3 is 1. The van der Waals surface area contributed by atoms with Crippen LogP contribution in [0.4, 0.5) is 10.5 Å². The first-order valence-corrected chi connectivity index (χ1v) is 20.9. The number of nitrogens with zero attached hydrogens (tertiary/aromatic N) is 4. The van der Waals surface area contributed by atoms with Gasteiger partial charge in [-0.3, -0.25) is 14.2 Å². The molecule has 2 N–H and O–H groups in total. The van der Waals surface area contributed by atoms with Gasteiger partial charge in [0.1, 0.15) is 15.7 Å². The number of hydrogen-bond acceptors (Lipinski definition) is 7. The van der Waals surface area contributed by atoms with Crippen LogP contribution in [-0.4, -0.2) is 70.6 Å². The Morgan fingerprint density at radius 2 is 2.06 bits per heavy atom. The lowest BCUT2D eigenvalue weighted by atomic mass is 9.68. The van der Waals surface area contributed by atoms with E-state index in [0.29, 0.717) is 36.2 Å². The van der Waals surface area contributed by atoms with E-state index in [-0.39, 0.29) is 35.1 Å². The minimum atomic E-state index is -3.51. The third kappa shape index (κ3) is 7.47. The summed E-state index contributed by atoms with van der Waals surface area (Å²) in [6.07, 6.45) is 14.4. The van der Waals surface area contributed by atoms with Crippen molar-refractivity contribution in [2.45, 2.75) is 75.3 Å². The normalized spacial score (nSPS) is 32.9. The molecule has 2 fully saturated rings. The number of rotatable bonds is 4. The van der Waals surface area contributed by atoms with E-state index in [9.17, 15) is 13.8 Å². The molecule has 2 saturated carbocycles. The Hall–Kier alpha value is -3.87. The third-order valence-corrected chi connectivity index (χ3v) is 14.2. The summed E-state index contributed by atoms with van der Waals surface area (Å²) in [7, 11) is 0.112. The summed E-state index contributed by atoms with van der Waals surface area (Å²) in [4.78, 5) is 29.8. The van der Waals surface area contributed by atoms with Crippen molar-refractivity contribution >= 4 is 39.1 Å². The van der Waals surface area contributed by atoms with Gasteiger partial charge in [0.25, 0.3) is 5.91 Å². The van der Waals surface area contributed by atoms with Crippen molar-refractivity contribution in [1.82, 2.24) is 19.8 Å². The first-order chi connectivity index (χ1) is 25.5. The van der Waals surface area contributed by atoms with Gasteiger partial charge >= 0.3 is 6.03 Å². The highest BCUT2D eigenvalue weighted by atomic mass is 35.5.